The summed E-state index contributed by atoms with van der Waals surface area (Å²) in [4.78, 5) is 12.2. The van der Waals surface area contributed by atoms with E-state index in [9.17, 15) is 22.0 Å². The smallest absolute Gasteiger partial charge is 0.264 e. The van der Waals surface area contributed by atoms with Gasteiger partial charge in [0.05, 0.1) is 33.7 Å². The summed E-state index contributed by atoms with van der Waals surface area (Å²) in [6.07, 6.45) is -3.31. The van der Waals surface area contributed by atoms with Gasteiger partial charge in [0, 0.05) is 11.1 Å². The fourth-order valence-corrected chi connectivity index (χ4v) is 3.92. The van der Waals surface area contributed by atoms with Crippen LogP contribution in [-0.4, -0.2) is 14.3 Å². The molecule has 0 saturated carbocycles. The molecule has 1 amide bonds. The van der Waals surface area contributed by atoms with Crippen LogP contribution >= 0.6 is 11.6 Å². The number of hydrogen-bond donors (Lipinski definition) is 2. The third-order valence-electron chi connectivity index (χ3n) is 4.80. The summed E-state index contributed by atoms with van der Waals surface area (Å²) in [5.41, 5.74) is -0.198. The Bertz CT molecular complexity index is 1460. The molecule has 0 saturated heterocycles. The number of nitrogens with zero attached hydrogens (tertiary/aromatic N) is 1. The van der Waals surface area contributed by atoms with Crippen molar-refractivity contribution in [2.75, 3.05) is 5.32 Å². The van der Waals surface area contributed by atoms with Crippen molar-refractivity contribution in [1.29, 1.82) is 5.26 Å². The Kier molecular flexibility index (Phi) is 7.70. The highest BCUT2D eigenvalue weighted by Gasteiger charge is 2.19. The zero-order valence-electron chi connectivity index (χ0n) is 18.0. The summed E-state index contributed by atoms with van der Waals surface area (Å²) >= 11 is 6.00. The van der Waals surface area contributed by atoms with Gasteiger partial charge in [-0.1, -0.05) is 23.7 Å². The lowest BCUT2D eigenvalue weighted by Gasteiger charge is -2.14. The number of carbonyl (C=O) groups excluding carboxylic acids is 1. The Hall–Kier alpha value is -3.59. The summed E-state index contributed by atoms with van der Waals surface area (Å²) in [5, 5.41) is 16.5. The fraction of sp³-hybridized carbons (Fsp3) is 0.130. The molecule has 182 valence electrons. The molecule has 0 aliphatic rings. The van der Waals surface area contributed by atoms with Crippen LogP contribution in [-0.2, 0) is 21.2 Å². The van der Waals surface area contributed by atoms with E-state index in [1.54, 1.807) is 6.07 Å². The van der Waals surface area contributed by atoms with Crippen LogP contribution in [0.3, 0.4) is 0 Å². The Morgan fingerprint density at radius 1 is 1.20 bits per heavy atom. The number of carbonyl (C=O) groups is 1. The standard InChI is InChI=1S/C23H17ClF3N3O4S/c1-12-2-3-14(9-20(31)30-19-5-4-17(10-18(19)24)35(29,32)33)21(25)22(12)34-16-7-13(11-28)6-15(8-16)23(26)27/h2-8,10,23H,9H2,1H3,(H,30,31)(H2,29,32,33). The van der Waals surface area contributed by atoms with Gasteiger partial charge in [0.1, 0.15) is 5.75 Å². The van der Waals surface area contributed by atoms with Gasteiger partial charge >= 0.3 is 0 Å². The van der Waals surface area contributed by atoms with Crippen LogP contribution in [0.25, 0.3) is 0 Å². The number of nitriles is 1. The number of sulfonamides is 1. The van der Waals surface area contributed by atoms with Crippen LogP contribution in [0.5, 0.6) is 11.5 Å². The molecule has 12 heteroatoms. The van der Waals surface area contributed by atoms with Crippen molar-refractivity contribution in [2.24, 2.45) is 5.14 Å². The fourth-order valence-electron chi connectivity index (χ4n) is 3.09. The molecule has 3 N–H and O–H groups in total. The van der Waals surface area contributed by atoms with Crippen LogP contribution in [0.2, 0.25) is 5.02 Å². The first kappa shape index (κ1) is 26.0. The van der Waals surface area contributed by atoms with Crippen LogP contribution in [0.15, 0.2) is 53.4 Å². The van der Waals surface area contributed by atoms with Gasteiger partial charge in [-0.05, 0) is 48.9 Å². The molecule has 3 aromatic carbocycles. The second-order valence-electron chi connectivity index (χ2n) is 7.40. The zero-order valence-corrected chi connectivity index (χ0v) is 19.6. The molecule has 7 nitrogen and oxygen atoms in total. The topological polar surface area (TPSA) is 122 Å². The summed E-state index contributed by atoms with van der Waals surface area (Å²) in [7, 11) is -3.99. The molecule has 0 radical (unpaired) electrons. The first-order valence-corrected chi connectivity index (χ1v) is 11.7. The van der Waals surface area contributed by atoms with E-state index in [4.69, 9.17) is 26.7 Å². The minimum atomic E-state index is -3.99. The predicted octanol–water partition coefficient (Wildman–Crippen LogP) is 5.22. The molecular formula is C23H17ClF3N3O4S. The van der Waals surface area contributed by atoms with Crippen LogP contribution in [0.4, 0.5) is 18.9 Å². The van der Waals surface area contributed by atoms with Gasteiger partial charge in [-0.2, -0.15) is 5.26 Å². The first-order chi connectivity index (χ1) is 16.4. The number of rotatable bonds is 7. The van der Waals surface area contributed by atoms with E-state index < -0.39 is 40.2 Å². The van der Waals surface area contributed by atoms with E-state index >= 15 is 4.39 Å². The second kappa shape index (κ2) is 10.4. The van der Waals surface area contributed by atoms with Gasteiger partial charge in [-0.3, -0.25) is 4.79 Å². The second-order valence-corrected chi connectivity index (χ2v) is 9.37. The SMILES string of the molecule is Cc1ccc(CC(=O)Nc2ccc(S(N)(=O)=O)cc2Cl)c(F)c1Oc1cc(C#N)cc(C(F)F)c1. The lowest BCUT2D eigenvalue weighted by Crippen LogP contribution is -2.16. The van der Waals surface area contributed by atoms with E-state index in [0.29, 0.717) is 5.56 Å². The lowest BCUT2D eigenvalue weighted by atomic mass is 10.1. The predicted molar refractivity (Wildman–Crippen MR) is 122 cm³/mol. The Labute approximate surface area is 203 Å². The molecule has 0 spiro atoms. The normalized spacial score (nSPS) is 11.3. The van der Waals surface area contributed by atoms with E-state index in [-0.39, 0.29) is 38.2 Å². The molecule has 0 fully saturated rings. The Balaban J connectivity index is 1.84. The van der Waals surface area contributed by atoms with Crippen LogP contribution < -0.4 is 15.2 Å². The highest BCUT2D eigenvalue weighted by Crippen LogP contribution is 2.33. The number of primary sulfonamides is 1. The monoisotopic (exact) mass is 523 g/mol. The largest absolute Gasteiger partial charge is 0.454 e. The first-order valence-electron chi connectivity index (χ1n) is 9.80. The number of halogens is 4. The zero-order chi connectivity index (χ0) is 25.9. The number of alkyl halides is 2. The number of aryl methyl sites for hydroxylation is 1. The maximum Gasteiger partial charge on any atom is 0.264 e. The quantitative estimate of drug-likeness (QED) is 0.439. The molecule has 3 rings (SSSR count). The lowest BCUT2D eigenvalue weighted by molar-refractivity contribution is -0.115. The number of nitrogens with two attached hydrogens (primary N) is 1. The average molecular weight is 524 g/mol. The van der Waals surface area contributed by atoms with Crippen LogP contribution in [0, 0.1) is 24.1 Å². The molecule has 0 aliphatic carbocycles. The molecule has 0 aliphatic heterocycles. The van der Waals surface area contributed by atoms with Gasteiger partial charge in [0.2, 0.25) is 15.9 Å². The third kappa shape index (κ3) is 6.30. The number of nitrogens with one attached hydrogen (secondary N) is 1. The molecule has 35 heavy (non-hydrogen) atoms. The van der Waals surface area contributed by atoms with Crippen molar-refractivity contribution in [3.63, 3.8) is 0 Å². The molecule has 0 bridgehead atoms. The summed E-state index contributed by atoms with van der Waals surface area (Å²) in [6.45, 7) is 1.53. The molecule has 0 unspecified atom stereocenters. The number of amides is 1. The van der Waals surface area contributed by atoms with E-state index in [2.05, 4.69) is 5.32 Å². The van der Waals surface area contributed by atoms with Gasteiger partial charge in [-0.15, -0.1) is 0 Å². The summed E-state index contributed by atoms with van der Waals surface area (Å²) in [6, 6.07) is 11.2. The maximum absolute atomic E-state index is 15.2. The highest BCUT2D eigenvalue weighted by atomic mass is 35.5. The summed E-state index contributed by atoms with van der Waals surface area (Å²) in [5.74, 6) is -2.02. The third-order valence-corrected chi connectivity index (χ3v) is 6.02. The molecule has 3 aromatic rings. The molecule has 0 atom stereocenters. The van der Waals surface area contributed by atoms with Crippen LogP contribution in [0.1, 0.15) is 28.7 Å². The van der Waals surface area contributed by atoms with Gasteiger partial charge in [0.25, 0.3) is 6.43 Å². The molecular weight excluding hydrogens is 507 g/mol. The van der Waals surface area contributed by atoms with Gasteiger partial charge in [0.15, 0.2) is 11.6 Å². The van der Waals surface area contributed by atoms with Crippen molar-refractivity contribution in [3.8, 4) is 17.6 Å². The van der Waals surface area contributed by atoms with Crippen molar-refractivity contribution in [2.45, 2.75) is 24.7 Å². The summed E-state index contributed by atoms with van der Waals surface area (Å²) < 4.78 is 69.8. The maximum atomic E-state index is 15.2. The van der Waals surface area contributed by atoms with Crippen molar-refractivity contribution in [1.82, 2.24) is 0 Å². The molecule has 0 heterocycles. The minimum absolute atomic E-state index is 0.0640. The van der Waals surface area contributed by atoms with Gasteiger partial charge < -0.3 is 10.1 Å². The number of benzene rings is 3. The highest BCUT2D eigenvalue weighted by molar-refractivity contribution is 7.89. The average Bonchev–Trinajstić information content (AvgIpc) is 2.79. The Morgan fingerprint density at radius 3 is 2.51 bits per heavy atom. The van der Waals surface area contributed by atoms with E-state index in [0.717, 1.165) is 24.3 Å². The molecule has 0 aromatic heterocycles. The number of hydrogen-bond acceptors (Lipinski definition) is 5. The van der Waals surface area contributed by atoms with Crippen molar-refractivity contribution < 1.29 is 31.1 Å². The van der Waals surface area contributed by atoms with Crippen molar-refractivity contribution in [3.05, 3.63) is 81.6 Å². The van der Waals surface area contributed by atoms with Crippen molar-refractivity contribution >= 4 is 33.2 Å². The van der Waals surface area contributed by atoms with Gasteiger partial charge in [-0.25, -0.2) is 26.7 Å². The number of ether oxygens (including phenoxy) is 1. The Morgan fingerprint density at radius 2 is 1.91 bits per heavy atom. The minimum Gasteiger partial charge on any atom is -0.454 e. The van der Waals surface area contributed by atoms with E-state index in [1.807, 2.05) is 0 Å². The number of anilines is 1. The van der Waals surface area contributed by atoms with E-state index in [1.165, 1.54) is 31.2 Å².